The molecule has 1 aliphatic rings. The summed E-state index contributed by atoms with van der Waals surface area (Å²) in [4.78, 5) is 13.9. The van der Waals surface area contributed by atoms with Crippen LogP contribution in [0.25, 0.3) is 0 Å². The van der Waals surface area contributed by atoms with E-state index in [0.29, 0.717) is 30.5 Å². The van der Waals surface area contributed by atoms with Crippen LogP contribution >= 0.6 is 0 Å². The summed E-state index contributed by atoms with van der Waals surface area (Å²) in [6, 6.07) is 36.9. The molecule has 1 heterocycles. The van der Waals surface area contributed by atoms with E-state index in [1.165, 1.54) is 4.35 Å². The van der Waals surface area contributed by atoms with Crippen molar-refractivity contribution in [2.75, 3.05) is 30.4 Å². The molecule has 1 saturated heterocycles. The van der Waals surface area contributed by atoms with Gasteiger partial charge in [-0.05, 0) is 0 Å². The average molecular weight is 568 g/mol. The number of carbonyl (C=O) groups excluding carboxylic acids is 1. The zero-order valence-electron chi connectivity index (χ0n) is 21.2. The number of para-hydroxylation sites is 1. The summed E-state index contributed by atoms with van der Waals surface area (Å²) in [6.45, 7) is 1.27. The number of carbonyl (C=O) groups is 1. The molecular formula is C32H32AsN2O3. The molecule has 0 spiro atoms. The molecule has 0 aliphatic carbocycles. The standard InChI is InChI=1S/C32H32AsN2O3/c34-30-14-8-7-13-29(30)32(24-9-3-1-4-10-24,25-11-5-2-6-12-25)21-28(36)22-33-26-15-17-27(18-16-26)35-19-20-38-23-31(35)37/h1-18,28,36H,19-23,34H2/t28-/m0/s1. The third-order valence-corrected chi connectivity index (χ3v) is 9.79. The molecule has 1 radical (unpaired) electrons. The second-order valence-corrected chi connectivity index (χ2v) is 12.1. The quantitative estimate of drug-likeness (QED) is 0.181. The van der Waals surface area contributed by atoms with Gasteiger partial charge < -0.3 is 0 Å². The fraction of sp³-hybridized carbons (Fsp3) is 0.219. The first kappa shape index (κ1) is 26.2. The van der Waals surface area contributed by atoms with Gasteiger partial charge >= 0.3 is 231 Å². The molecule has 5 rings (SSSR count). The van der Waals surface area contributed by atoms with Crippen molar-refractivity contribution >= 4 is 37.4 Å². The monoisotopic (exact) mass is 567 g/mol. The maximum atomic E-state index is 12.2. The Morgan fingerprint density at radius 3 is 2.08 bits per heavy atom. The van der Waals surface area contributed by atoms with Crippen LogP contribution in [0.5, 0.6) is 0 Å². The van der Waals surface area contributed by atoms with E-state index < -0.39 is 11.5 Å². The summed E-state index contributed by atoms with van der Waals surface area (Å²) < 4.78 is 6.46. The number of hydrogen-bond acceptors (Lipinski definition) is 4. The van der Waals surface area contributed by atoms with Gasteiger partial charge in [0.1, 0.15) is 0 Å². The van der Waals surface area contributed by atoms with Crippen LogP contribution in [0, 0.1) is 0 Å². The summed E-state index contributed by atoms with van der Waals surface area (Å²) >= 11 is -0.267. The number of anilines is 2. The van der Waals surface area contributed by atoms with Crippen molar-refractivity contribution in [1.29, 1.82) is 0 Å². The number of hydrogen-bond donors (Lipinski definition) is 2. The van der Waals surface area contributed by atoms with Gasteiger partial charge in [0.15, 0.2) is 0 Å². The van der Waals surface area contributed by atoms with E-state index in [1.807, 2.05) is 66.7 Å². The number of nitrogen functional groups attached to an aromatic ring is 1. The fourth-order valence-electron chi connectivity index (χ4n) is 5.31. The van der Waals surface area contributed by atoms with Crippen molar-refractivity contribution in [3.63, 3.8) is 0 Å². The number of nitrogens with zero attached hydrogens (tertiary/aromatic N) is 1. The zero-order valence-corrected chi connectivity index (χ0v) is 23.1. The van der Waals surface area contributed by atoms with Gasteiger partial charge in [-0.15, -0.1) is 0 Å². The molecule has 0 unspecified atom stereocenters. The average Bonchev–Trinajstić information content (AvgIpc) is 2.97. The van der Waals surface area contributed by atoms with Crippen LogP contribution in [0.3, 0.4) is 0 Å². The van der Waals surface area contributed by atoms with Gasteiger partial charge in [0.05, 0.1) is 0 Å². The number of ether oxygens (including phenoxy) is 1. The first-order chi connectivity index (χ1) is 18.6. The normalized spacial score (nSPS) is 15.2. The molecule has 38 heavy (non-hydrogen) atoms. The molecule has 0 saturated carbocycles. The molecular weight excluding hydrogens is 535 g/mol. The third-order valence-electron chi connectivity index (χ3n) is 7.13. The number of rotatable bonds is 9. The van der Waals surface area contributed by atoms with Gasteiger partial charge in [-0.25, -0.2) is 0 Å². The predicted octanol–water partition coefficient (Wildman–Crippen LogP) is 4.17. The van der Waals surface area contributed by atoms with Gasteiger partial charge in [-0.1, -0.05) is 0 Å². The summed E-state index contributed by atoms with van der Waals surface area (Å²) in [5, 5.41) is 12.2. The Balaban J connectivity index is 1.41. The first-order valence-electron chi connectivity index (χ1n) is 12.9. The summed E-state index contributed by atoms with van der Waals surface area (Å²) in [5.41, 5.74) is 10.8. The van der Waals surface area contributed by atoms with E-state index in [0.717, 1.165) is 22.4 Å². The maximum absolute atomic E-state index is 12.2. The van der Waals surface area contributed by atoms with Crippen LogP contribution in [-0.4, -0.2) is 52.6 Å². The zero-order chi connectivity index (χ0) is 26.4. The predicted molar refractivity (Wildman–Crippen MR) is 154 cm³/mol. The van der Waals surface area contributed by atoms with Crippen LogP contribution in [0.2, 0.25) is 5.21 Å². The third kappa shape index (κ3) is 5.56. The number of amides is 1. The number of aliphatic hydroxyl groups is 1. The fourth-order valence-corrected chi connectivity index (χ4v) is 7.22. The molecule has 1 fully saturated rings. The van der Waals surface area contributed by atoms with E-state index in [1.54, 1.807) is 4.90 Å². The minimum atomic E-state index is -0.588. The van der Waals surface area contributed by atoms with Gasteiger partial charge in [0.2, 0.25) is 0 Å². The molecule has 193 valence electrons. The van der Waals surface area contributed by atoms with E-state index >= 15 is 0 Å². The van der Waals surface area contributed by atoms with E-state index in [4.69, 9.17) is 10.5 Å². The van der Waals surface area contributed by atoms with Gasteiger partial charge in [0.25, 0.3) is 0 Å². The Hall–Kier alpha value is -3.37. The summed E-state index contributed by atoms with van der Waals surface area (Å²) in [5.74, 6) is -0.00830. The Kier molecular flexibility index (Phi) is 8.29. The molecule has 1 aliphatic heterocycles. The molecule has 1 amide bonds. The molecule has 6 heteroatoms. The van der Waals surface area contributed by atoms with E-state index in [9.17, 15) is 9.90 Å². The van der Waals surface area contributed by atoms with Crippen molar-refractivity contribution in [2.45, 2.75) is 23.1 Å². The van der Waals surface area contributed by atoms with Crippen molar-refractivity contribution in [3.05, 3.63) is 126 Å². The topological polar surface area (TPSA) is 75.8 Å². The SMILES string of the molecule is Nc1ccccc1C(C[C@H](O)C[As]c1ccc(N2CCOCC2=O)cc1)(c1ccccc1)c1ccccc1. The molecule has 0 aromatic heterocycles. The number of morpholine rings is 1. The van der Waals surface area contributed by atoms with Gasteiger partial charge in [-0.2, -0.15) is 0 Å². The van der Waals surface area contributed by atoms with Crippen molar-refractivity contribution in [2.24, 2.45) is 0 Å². The van der Waals surface area contributed by atoms with Gasteiger partial charge in [0, 0.05) is 0 Å². The van der Waals surface area contributed by atoms with Crippen LogP contribution in [-0.2, 0) is 14.9 Å². The van der Waals surface area contributed by atoms with Crippen LogP contribution < -0.4 is 15.0 Å². The number of aliphatic hydroxyl groups excluding tert-OH is 1. The van der Waals surface area contributed by atoms with Crippen molar-refractivity contribution < 1.29 is 14.6 Å². The second kappa shape index (κ2) is 12.0. The minimum absolute atomic E-state index is 0.00830. The number of benzene rings is 4. The molecule has 0 bridgehead atoms. The van der Waals surface area contributed by atoms with Gasteiger partial charge in [-0.3, -0.25) is 0 Å². The van der Waals surface area contributed by atoms with Crippen LogP contribution in [0.15, 0.2) is 109 Å². The Morgan fingerprint density at radius 1 is 0.868 bits per heavy atom. The Bertz CT molecular complexity index is 1310. The van der Waals surface area contributed by atoms with Crippen LogP contribution in [0.1, 0.15) is 23.1 Å². The van der Waals surface area contributed by atoms with E-state index in [2.05, 4.69) is 42.5 Å². The second-order valence-electron chi connectivity index (χ2n) is 9.54. The molecule has 3 N–H and O–H groups in total. The van der Waals surface area contributed by atoms with Crippen molar-refractivity contribution in [1.82, 2.24) is 0 Å². The molecule has 1 atom stereocenters. The van der Waals surface area contributed by atoms with Crippen molar-refractivity contribution in [3.8, 4) is 0 Å². The molecule has 5 nitrogen and oxygen atoms in total. The Labute approximate surface area is 230 Å². The molecule has 4 aromatic rings. The first-order valence-corrected chi connectivity index (χ1v) is 15.1. The molecule has 4 aromatic carbocycles. The summed E-state index contributed by atoms with van der Waals surface area (Å²) in [7, 11) is 0. The number of nitrogens with two attached hydrogens (primary N) is 1. The van der Waals surface area contributed by atoms with E-state index in [-0.39, 0.29) is 28.3 Å². The Morgan fingerprint density at radius 2 is 1.47 bits per heavy atom. The summed E-state index contributed by atoms with van der Waals surface area (Å²) in [6.07, 6.45) is -0.0129. The van der Waals surface area contributed by atoms with Crippen LogP contribution in [0.4, 0.5) is 11.4 Å².